The van der Waals surface area contributed by atoms with Gasteiger partial charge in [-0.05, 0) is 24.3 Å². The predicted octanol–water partition coefficient (Wildman–Crippen LogP) is 2.71. The Morgan fingerprint density at radius 1 is 1.33 bits per heavy atom. The van der Waals surface area contributed by atoms with Crippen molar-refractivity contribution in [2.45, 2.75) is 0 Å². The van der Waals surface area contributed by atoms with Crippen molar-refractivity contribution in [3.8, 4) is 6.07 Å². The molecule has 0 radical (unpaired) electrons. The summed E-state index contributed by atoms with van der Waals surface area (Å²) in [6, 6.07) is 9.80. The van der Waals surface area contributed by atoms with Gasteiger partial charge in [0.05, 0.1) is 40.0 Å². The third-order valence-electron chi connectivity index (χ3n) is 1.77. The molecule has 0 aliphatic heterocycles. The number of rotatable bonds is 0. The third-order valence-corrected chi connectivity index (χ3v) is 2.61. The fourth-order valence-electron chi connectivity index (χ4n) is 1.18. The molecule has 0 aliphatic rings. The van der Waals surface area contributed by atoms with Crippen LogP contribution in [0.25, 0.3) is 10.9 Å². The standard InChI is InChI=1S/C9H5IN2/c10-12-4-3-8-5-7(6-11)1-2-9(8)12/h1-5H. The van der Waals surface area contributed by atoms with E-state index in [9.17, 15) is 0 Å². The first kappa shape index (κ1) is 7.62. The van der Waals surface area contributed by atoms with Crippen molar-refractivity contribution >= 4 is 33.8 Å². The number of nitriles is 1. The number of nitrogens with zero attached hydrogens (tertiary/aromatic N) is 2. The van der Waals surface area contributed by atoms with Gasteiger partial charge in [0.2, 0.25) is 0 Å². The molecule has 0 atom stereocenters. The van der Waals surface area contributed by atoms with E-state index in [1.807, 2.05) is 33.2 Å². The quantitative estimate of drug-likeness (QED) is 0.675. The summed E-state index contributed by atoms with van der Waals surface area (Å²) in [5, 5.41) is 9.76. The molecular formula is C9H5IN2. The second-order valence-electron chi connectivity index (χ2n) is 2.51. The van der Waals surface area contributed by atoms with Crippen LogP contribution in [0, 0.1) is 11.3 Å². The van der Waals surface area contributed by atoms with Crippen LogP contribution in [0.15, 0.2) is 30.5 Å². The molecule has 1 aromatic heterocycles. The molecule has 0 bridgehead atoms. The Hall–Kier alpha value is -1.02. The van der Waals surface area contributed by atoms with Crippen LogP contribution in [0.1, 0.15) is 5.56 Å². The molecule has 0 N–H and O–H groups in total. The van der Waals surface area contributed by atoms with E-state index in [-0.39, 0.29) is 0 Å². The van der Waals surface area contributed by atoms with E-state index in [1.54, 1.807) is 0 Å². The molecule has 0 unspecified atom stereocenters. The number of benzene rings is 1. The molecule has 2 rings (SSSR count). The molecule has 0 spiro atoms. The van der Waals surface area contributed by atoms with Gasteiger partial charge in [0.15, 0.2) is 0 Å². The summed E-state index contributed by atoms with van der Waals surface area (Å²) in [6.07, 6.45) is 1.98. The highest BCUT2D eigenvalue weighted by Crippen LogP contribution is 2.18. The van der Waals surface area contributed by atoms with Crippen LogP contribution >= 0.6 is 22.9 Å². The van der Waals surface area contributed by atoms with Gasteiger partial charge in [0.1, 0.15) is 0 Å². The van der Waals surface area contributed by atoms with Crippen LogP contribution in [0.5, 0.6) is 0 Å². The molecule has 2 nitrogen and oxygen atoms in total. The molecule has 3 heteroatoms. The highest BCUT2D eigenvalue weighted by Gasteiger charge is 1.98. The fourth-order valence-corrected chi connectivity index (χ4v) is 1.78. The van der Waals surface area contributed by atoms with Crippen molar-refractivity contribution in [2.24, 2.45) is 0 Å². The van der Waals surface area contributed by atoms with Crippen LogP contribution in [-0.4, -0.2) is 2.78 Å². The van der Waals surface area contributed by atoms with Gasteiger partial charge >= 0.3 is 0 Å². The molecule has 0 saturated heterocycles. The number of halogens is 1. The van der Waals surface area contributed by atoms with Gasteiger partial charge < -0.3 is 0 Å². The second-order valence-corrected chi connectivity index (χ2v) is 3.55. The number of aromatic nitrogens is 1. The smallest absolute Gasteiger partial charge is 0.0991 e. The van der Waals surface area contributed by atoms with E-state index in [0.717, 1.165) is 10.9 Å². The maximum atomic E-state index is 8.65. The van der Waals surface area contributed by atoms with Crippen molar-refractivity contribution in [1.82, 2.24) is 2.78 Å². The zero-order valence-corrected chi connectivity index (χ0v) is 8.32. The molecule has 0 amide bonds. The molecular weight excluding hydrogens is 263 g/mol. The molecule has 58 valence electrons. The Labute approximate surface area is 83.9 Å². The van der Waals surface area contributed by atoms with Gasteiger partial charge in [0, 0.05) is 11.6 Å². The summed E-state index contributed by atoms with van der Waals surface area (Å²) in [6.45, 7) is 0. The molecule has 0 fully saturated rings. The summed E-state index contributed by atoms with van der Waals surface area (Å²) in [4.78, 5) is 0. The summed E-state index contributed by atoms with van der Waals surface area (Å²) >= 11 is 2.21. The van der Waals surface area contributed by atoms with Gasteiger partial charge in [-0.3, -0.25) is 2.78 Å². The average molecular weight is 268 g/mol. The molecule has 12 heavy (non-hydrogen) atoms. The summed E-state index contributed by atoms with van der Waals surface area (Å²) in [7, 11) is 0. The molecule has 0 aliphatic carbocycles. The van der Waals surface area contributed by atoms with Crippen LogP contribution in [-0.2, 0) is 0 Å². The van der Waals surface area contributed by atoms with Crippen LogP contribution < -0.4 is 0 Å². The van der Waals surface area contributed by atoms with Crippen molar-refractivity contribution in [3.63, 3.8) is 0 Å². The molecule has 2 aromatic rings. The lowest BCUT2D eigenvalue weighted by Gasteiger charge is -1.92. The van der Waals surface area contributed by atoms with E-state index in [2.05, 4.69) is 28.9 Å². The first-order chi connectivity index (χ1) is 5.81. The lowest BCUT2D eigenvalue weighted by molar-refractivity contribution is 1.42. The Kier molecular flexibility index (Phi) is 1.77. The monoisotopic (exact) mass is 268 g/mol. The number of hydrogen-bond donors (Lipinski definition) is 0. The Balaban J connectivity index is 2.80. The number of fused-ring (bicyclic) bond motifs is 1. The maximum absolute atomic E-state index is 8.65. The average Bonchev–Trinajstić information content (AvgIpc) is 2.47. The Morgan fingerprint density at radius 2 is 2.17 bits per heavy atom. The Morgan fingerprint density at radius 3 is 2.92 bits per heavy atom. The zero-order chi connectivity index (χ0) is 8.55. The van der Waals surface area contributed by atoms with Gasteiger partial charge in [-0.15, -0.1) is 0 Å². The molecule has 1 aromatic carbocycles. The van der Waals surface area contributed by atoms with Crippen molar-refractivity contribution in [2.75, 3.05) is 0 Å². The van der Waals surface area contributed by atoms with Crippen molar-refractivity contribution < 1.29 is 0 Å². The normalized spacial score (nSPS) is 10.0. The SMILES string of the molecule is N#Cc1ccc2c(ccn2I)c1. The van der Waals surface area contributed by atoms with E-state index in [0.29, 0.717) is 5.56 Å². The topological polar surface area (TPSA) is 28.7 Å². The lowest BCUT2D eigenvalue weighted by Crippen LogP contribution is -1.76. The lowest BCUT2D eigenvalue weighted by atomic mass is 10.2. The number of hydrogen-bond acceptors (Lipinski definition) is 1. The van der Waals surface area contributed by atoms with Crippen molar-refractivity contribution in [3.05, 3.63) is 36.0 Å². The second kappa shape index (κ2) is 2.79. The van der Waals surface area contributed by atoms with Crippen LogP contribution in [0.2, 0.25) is 0 Å². The van der Waals surface area contributed by atoms with Gasteiger partial charge in [-0.25, -0.2) is 0 Å². The van der Waals surface area contributed by atoms with Gasteiger partial charge in [-0.1, -0.05) is 0 Å². The van der Waals surface area contributed by atoms with Crippen LogP contribution in [0.3, 0.4) is 0 Å². The van der Waals surface area contributed by atoms with E-state index in [1.165, 1.54) is 0 Å². The predicted molar refractivity (Wildman–Crippen MR) is 56.1 cm³/mol. The fraction of sp³-hybridized carbons (Fsp3) is 0. The third kappa shape index (κ3) is 1.08. The largest absolute Gasteiger partial charge is 0.290 e. The molecule has 0 saturated carbocycles. The minimum Gasteiger partial charge on any atom is -0.290 e. The first-order valence-electron chi connectivity index (χ1n) is 3.48. The summed E-state index contributed by atoms with van der Waals surface area (Å²) < 4.78 is 2.01. The van der Waals surface area contributed by atoms with E-state index >= 15 is 0 Å². The molecule has 1 heterocycles. The van der Waals surface area contributed by atoms with Crippen LogP contribution in [0.4, 0.5) is 0 Å². The minimum absolute atomic E-state index is 0.713. The van der Waals surface area contributed by atoms with Gasteiger partial charge in [0.25, 0.3) is 0 Å². The maximum Gasteiger partial charge on any atom is 0.0991 e. The first-order valence-corrected chi connectivity index (χ1v) is 4.45. The zero-order valence-electron chi connectivity index (χ0n) is 6.16. The minimum atomic E-state index is 0.713. The van der Waals surface area contributed by atoms with E-state index < -0.39 is 0 Å². The van der Waals surface area contributed by atoms with Gasteiger partial charge in [-0.2, -0.15) is 5.26 Å². The highest BCUT2D eigenvalue weighted by molar-refractivity contribution is 14.1. The highest BCUT2D eigenvalue weighted by atomic mass is 127. The summed E-state index contributed by atoms with van der Waals surface area (Å²) in [5.41, 5.74) is 1.86. The van der Waals surface area contributed by atoms with Crippen molar-refractivity contribution in [1.29, 1.82) is 5.26 Å². The summed E-state index contributed by atoms with van der Waals surface area (Å²) in [5.74, 6) is 0. The Bertz CT molecular complexity index is 465. The van der Waals surface area contributed by atoms with E-state index in [4.69, 9.17) is 5.26 Å².